The molecule has 0 fully saturated rings. The van der Waals surface area contributed by atoms with Gasteiger partial charge in [-0.15, -0.1) is 0 Å². The number of methoxy groups -OCH3 is 1. The summed E-state index contributed by atoms with van der Waals surface area (Å²) < 4.78 is 22.6. The maximum absolute atomic E-state index is 12.1. The number of rotatable bonds is 6. The van der Waals surface area contributed by atoms with Gasteiger partial charge in [0.2, 0.25) is 7.37 Å². The lowest BCUT2D eigenvalue weighted by molar-refractivity contribution is 0.281. The Bertz CT molecular complexity index is 417. The van der Waals surface area contributed by atoms with Crippen LogP contribution >= 0.6 is 7.37 Å². The summed E-state index contributed by atoms with van der Waals surface area (Å²) in [5.41, 5.74) is 1.58. The Kier molecular flexibility index (Phi) is 5.19. The van der Waals surface area contributed by atoms with Gasteiger partial charge in [0.05, 0.1) is 26.5 Å². The van der Waals surface area contributed by atoms with Crippen molar-refractivity contribution in [2.75, 3.05) is 20.4 Å². The summed E-state index contributed by atoms with van der Waals surface area (Å²) in [7, 11) is -1.08. The third kappa shape index (κ3) is 4.15. The predicted molar refractivity (Wildman–Crippen MR) is 67.8 cm³/mol. The minimum absolute atomic E-state index is 0.0420. The molecule has 0 heterocycles. The Balaban J connectivity index is 2.98. The molecule has 0 saturated carbocycles. The summed E-state index contributed by atoms with van der Waals surface area (Å²) >= 11 is 0. The molecule has 0 aliphatic rings. The summed E-state index contributed by atoms with van der Waals surface area (Å²) in [6.45, 7) is 3.81. The van der Waals surface area contributed by atoms with Gasteiger partial charge in [0.1, 0.15) is 5.75 Å². The number of aliphatic hydroxyl groups is 1. The molecule has 0 aliphatic heterocycles. The van der Waals surface area contributed by atoms with E-state index in [0.717, 1.165) is 11.1 Å². The topological polar surface area (TPSA) is 55.8 Å². The first-order valence-corrected chi connectivity index (χ1v) is 7.76. The maximum atomic E-state index is 12.1. The minimum Gasteiger partial charge on any atom is -0.496 e. The molecule has 0 bridgehead atoms. The molecule has 1 atom stereocenters. The summed E-state index contributed by atoms with van der Waals surface area (Å²) in [5.74, 6) is 0.670. The van der Waals surface area contributed by atoms with Crippen molar-refractivity contribution in [3.63, 3.8) is 0 Å². The Labute approximate surface area is 102 Å². The van der Waals surface area contributed by atoms with E-state index in [1.165, 1.54) is 0 Å². The van der Waals surface area contributed by atoms with Crippen molar-refractivity contribution in [1.29, 1.82) is 0 Å². The summed E-state index contributed by atoms with van der Waals surface area (Å²) in [6.07, 6.45) is 0.317. The van der Waals surface area contributed by atoms with Crippen molar-refractivity contribution in [2.45, 2.75) is 19.7 Å². The van der Waals surface area contributed by atoms with Crippen LogP contribution in [0.1, 0.15) is 18.1 Å². The summed E-state index contributed by atoms with van der Waals surface area (Å²) in [4.78, 5) is 0. The molecule has 96 valence electrons. The van der Waals surface area contributed by atoms with E-state index < -0.39 is 7.37 Å². The van der Waals surface area contributed by atoms with E-state index in [2.05, 4.69) is 0 Å². The second-order valence-electron chi connectivity index (χ2n) is 3.89. The van der Waals surface area contributed by atoms with Gasteiger partial charge in [-0.05, 0) is 24.6 Å². The Morgan fingerprint density at radius 2 is 2.12 bits per heavy atom. The molecule has 1 aromatic carbocycles. The molecule has 17 heavy (non-hydrogen) atoms. The molecule has 1 unspecified atom stereocenters. The average molecular weight is 258 g/mol. The number of hydrogen-bond donors (Lipinski definition) is 1. The van der Waals surface area contributed by atoms with E-state index in [4.69, 9.17) is 14.4 Å². The van der Waals surface area contributed by atoms with E-state index >= 15 is 0 Å². The third-order valence-corrected chi connectivity index (χ3v) is 4.11. The van der Waals surface area contributed by atoms with E-state index in [0.29, 0.717) is 18.5 Å². The Morgan fingerprint density at radius 1 is 1.41 bits per heavy atom. The molecule has 0 aromatic heterocycles. The molecular weight excluding hydrogens is 239 g/mol. The van der Waals surface area contributed by atoms with E-state index in [-0.39, 0.29) is 6.61 Å². The van der Waals surface area contributed by atoms with Crippen LogP contribution in [-0.4, -0.2) is 25.5 Å². The van der Waals surface area contributed by atoms with Crippen molar-refractivity contribution in [1.82, 2.24) is 0 Å². The zero-order chi connectivity index (χ0) is 12.9. The zero-order valence-corrected chi connectivity index (χ0v) is 11.4. The normalized spacial score (nSPS) is 14.4. The van der Waals surface area contributed by atoms with Gasteiger partial charge in [0.15, 0.2) is 0 Å². The number of ether oxygens (including phenoxy) is 1. The van der Waals surface area contributed by atoms with Crippen LogP contribution in [0.15, 0.2) is 18.2 Å². The standard InChI is InChI=1S/C12H19O4P/c1-4-16-17(3,14)9-11-7-10(8-13)5-6-12(11)15-2/h5-7,13H,4,8-9H2,1-3H3. The number of aliphatic hydroxyl groups excluding tert-OH is 1. The van der Waals surface area contributed by atoms with Crippen LogP contribution < -0.4 is 4.74 Å². The highest BCUT2D eigenvalue weighted by Crippen LogP contribution is 2.47. The second-order valence-corrected chi connectivity index (χ2v) is 6.50. The largest absolute Gasteiger partial charge is 0.496 e. The highest BCUT2D eigenvalue weighted by Gasteiger charge is 2.18. The lowest BCUT2D eigenvalue weighted by Crippen LogP contribution is -1.97. The van der Waals surface area contributed by atoms with Crippen LogP contribution in [0, 0.1) is 0 Å². The van der Waals surface area contributed by atoms with Gasteiger partial charge >= 0.3 is 0 Å². The van der Waals surface area contributed by atoms with Crippen LogP contribution in [0.5, 0.6) is 5.75 Å². The summed E-state index contributed by atoms with van der Waals surface area (Å²) in [6, 6.07) is 5.35. The van der Waals surface area contributed by atoms with Crippen molar-refractivity contribution < 1.29 is 18.9 Å². The molecule has 0 amide bonds. The quantitative estimate of drug-likeness (QED) is 0.797. The minimum atomic E-state index is -2.65. The van der Waals surface area contributed by atoms with Crippen LogP contribution in [0.4, 0.5) is 0 Å². The van der Waals surface area contributed by atoms with Gasteiger partial charge in [-0.1, -0.05) is 6.07 Å². The first kappa shape index (κ1) is 14.2. The fourth-order valence-corrected chi connectivity index (χ4v) is 3.19. The molecule has 0 aliphatic carbocycles. The fourth-order valence-electron chi connectivity index (χ4n) is 1.68. The monoisotopic (exact) mass is 258 g/mol. The van der Waals surface area contributed by atoms with Gasteiger partial charge < -0.3 is 14.4 Å². The SMILES string of the molecule is CCOP(C)(=O)Cc1cc(CO)ccc1OC. The average Bonchev–Trinajstić information content (AvgIpc) is 2.28. The fraction of sp³-hybridized carbons (Fsp3) is 0.500. The van der Waals surface area contributed by atoms with E-state index in [1.807, 2.05) is 6.92 Å². The van der Waals surface area contributed by atoms with Crippen molar-refractivity contribution in [3.05, 3.63) is 29.3 Å². The van der Waals surface area contributed by atoms with Gasteiger partial charge in [-0.3, -0.25) is 4.57 Å². The molecule has 5 heteroatoms. The second kappa shape index (κ2) is 6.20. The highest BCUT2D eigenvalue weighted by atomic mass is 31.2. The van der Waals surface area contributed by atoms with E-state index in [9.17, 15) is 4.57 Å². The first-order chi connectivity index (χ1) is 8.02. The van der Waals surface area contributed by atoms with Gasteiger partial charge in [0.25, 0.3) is 0 Å². The van der Waals surface area contributed by atoms with E-state index in [1.54, 1.807) is 32.0 Å². The Hall–Kier alpha value is -0.830. The van der Waals surface area contributed by atoms with Crippen LogP contribution in [0.3, 0.4) is 0 Å². The maximum Gasteiger partial charge on any atom is 0.204 e. The molecule has 1 rings (SSSR count). The first-order valence-electron chi connectivity index (χ1n) is 5.50. The third-order valence-electron chi connectivity index (χ3n) is 2.39. The van der Waals surface area contributed by atoms with Crippen LogP contribution in [-0.2, 0) is 21.9 Å². The smallest absolute Gasteiger partial charge is 0.204 e. The van der Waals surface area contributed by atoms with Crippen LogP contribution in [0.25, 0.3) is 0 Å². The molecule has 1 N–H and O–H groups in total. The Morgan fingerprint density at radius 3 is 2.65 bits per heavy atom. The lowest BCUT2D eigenvalue weighted by atomic mass is 10.1. The van der Waals surface area contributed by atoms with Gasteiger partial charge in [0, 0.05) is 12.2 Å². The van der Waals surface area contributed by atoms with Crippen molar-refractivity contribution >= 4 is 7.37 Å². The number of benzene rings is 1. The highest BCUT2D eigenvalue weighted by molar-refractivity contribution is 7.57. The van der Waals surface area contributed by atoms with Crippen molar-refractivity contribution in [3.8, 4) is 5.75 Å². The number of hydrogen-bond acceptors (Lipinski definition) is 4. The zero-order valence-electron chi connectivity index (χ0n) is 10.5. The molecule has 4 nitrogen and oxygen atoms in total. The molecule has 0 radical (unpaired) electrons. The van der Waals surface area contributed by atoms with Gasteiger partial charge in [-0.25, -0.2) is 0 Å². The van der Waals surface area contributed by atoms with Crippen molar-refractivity contribution in [2.24, 2.45) is 0 Å². The molecular formula is C12H19O4P. The predicted octanol–water partition coefficient (Wildman–Crippen LogP) is 2.63. The molecule has 1 aromatic rings. The molecule has 0 spiro atoms. The van der Waals surface area contributed by atoms with Gasteiger partial charge in [-0.2, -0.15) is 0 Å². The lowest BCUT2D eigenvalue weighted by Gasteiger charge is -2.15. The molecule has 0 saturated heterocycles. The van der Waals surface area contributed by atoms with Crippen LogP contribution in [0.2, 0.25) is 0 Å². The summed E-state index contributed by atoms with van der Waals surface area (Å²) in [5, 5.41) is 9.09.